The summed E-state index contributed by atoms with van der Waals surface area (Å²) in [6.45, 7) is 16.9. The SMILES string of the molecule is C=C(C(=O)O)C1CCC(=C)C2CC3C(CCC34C(=O)CC3C(=C)CC[C@@H](C(=C)C(=O)OC)CC34)C2C1. The maximum absolute atomic E-state index is 14.0. The zero-order chi connectivity index (χ0) is 25.9. The van der Waals surface area contributed by atoms with Gasteiger partial charge in [0, 0.05) is 23.0 Å². The van der Waals surface area contributed by atoms with Crippen LogP contribution >= 0.6 is 0 Å². The Balaban J connectivity index is 1.47. The first-order valence-corrected chi connectivity index (χ1v) is 13.7. The molecule has 8 unspecified atom stereocenters. The molecule has 9 atom stereocenters. The maximum Gasteiger partial charge on any atom is 0.333 e. The van der Waals surface area contributed by atoms with Crippen molar-refractivity contribution in [3.05, 3.63) is 48.6 Å². The average molecular weight is 493 g/mol. The molecule has 5 heteroatoms. The lowest BCUT2D eigenvalue weighted by Gasteiger charge is -2.39. The van der Waals surface area contributed by atoms with E-state index in [0.717, 1.165) is 63.4 Å². The van der Waals surface area contributed by atoms with Gasteiger partial charge in [-0.05, 0) is 105 Å². The van der Waals surface area contributed by atoms with E-state index in [4.69, 9.17) is 4.74 Å². The average Bonchev–Trinajstić information content (AvgIpc) is 3.41. The van der Waals surface area contributed by atoms with E-state index < -0.39 is 5.97 Å². The number of ether oxygens (including phenoxy) is 1. The zero-order valence-electron chi connectivity index (χ0n) is 21.6. The van der Waals surface area contributed by atoms with Crippen LogP contribution in [0.25, 0.3) is 0 Å². The molecule has 5 nitrogen and oxygen atoms in total. The van der Waals surface area contributed by atoms with Crippen molar-refractivity contribution < 1.29 is 24.2 Å². The highest BCUT2D eigenvalue weighted by Crippen LogP contribution is 2.70. The third kappa shape index (κ3) is 3.68. The number of carbonyl (C=O) groups is 3. The number of ketones is 1. The van der Waals surface area contributed by atoms with E-state index in [1.54, 1.807) is 0 Å². The molecule has 5 aliphatic rings. The topological polar surface area (TPSA) is 80.7 Å². The molecule has 1 N–H and O–H groups in total. The predicted octanol–water partition coefficient (Wildman–Crippen LogP) is 5.92. The summed E-state index contributed by atoms with van der Waals surface area (Å²) < 4.78 is 5.00. The minimum absolute atomic E-state index is 0.0103. The van der Waals surface area contributed by atoms with Crippen LogP contribution in [0.1, 0.15) is 64.2 Å². The van der Waals surface area contributed by atoms with E-state index in [2.05, 4.69) is 26.3 Å². The van der Waals surface area contributed by atoms with Crippen LogP contribution in [0.4, 0.5) is 0 Å². The molecule has 0 heterocycles. The van der Waals surface area contributed by atoms with Crippen molar-refractivity contribution in [3.8, 4) is 0 Å². The first-order chi connectivity index (χ1) is 17.1. The van der Waals surface area contributed by atoms with Gasteiger partial charge < -0.3 is 9.84 Å². The predicted molar refractivity (Wildman–Crippen MR) is 138 cm³/mol. The zero-order valence-corrected chi connectivity index (χ0v) is 21.6. The number of fused-ring (bicyclic) bond motifs is 6. The molecule has 0 aromatic heterocycles. The number of carbonyl (C=O) groups excluding carboxylic acids is 2. The van der Waals surface area contributed by atoms with Crippen LogP contribution in [0.2, 0.25) is 0 Å². The highest BCUT2D eigenvalue weighted by Gasteiger charge is 2.67. The van der Waals surface area contributed by atoms with Crippen LogP contribution in [-0.4, -0.2) is 29.9 Å². The highest BCUT2D eigenvalue weighted by atomic mass is 16.5. The Kier molecular flexibility index (Phi) is 6.41. The van der Waals surface area contributed by atoms with Gasteiger partial charge in [-0.1, -0.05) is 37.5 Å². The summed E-state index contributed by atoms with van der Waals surface area (Å²) in [6, 6.07) is 0. The lowest BCUT2D eigenvalue weighted by Crippen LogP contribution is -2.39. The van der Waals surface area contributed by atoms with Gasteiger partial charge in [0.05, 0.1) is 7.11 Å². The molecule has 1 spiro atoms. The number of aliphatic carboxylic acids is 1. The third-order valence-electron chi connectivity index (χ3n) is 11.2. The van der Waals surface area contributed by atoms with Crippen molar-refractivity contribution in [2.24, 2.45) is 52.8 Å². The van der Waals surface area contributed by atoms with Gasteiger partial charge in [-0.15, -0.1) is 0 Å². The number of allylic oxidation sites excluding steroid dienone is 2. The maximum atomic E-state index is 14.0. The fourth-order valence-corrected chi connectivity index (χ4v) is 9.40. The van der Waals surface area contributed by atoms with Crippen molar-refractivity contribution in [3.63, 3.8) is 0 Å². The molecule has 36 heavy (non-hydrogen) atoms. The normalized spacial score (nSPS) is 41.8. The van der Waals surface area contributed by atoms with Gasteiger partial charge in [-0.25, -0.2) is 9.59 Å². The van der Waals surface area contributed by atoms with Gasteiger partial charge >= 0.3 is 11.9 Å². The molecule has 0 aromatic carbocycles. The van der Waals surface area contributed by atoms with Gasteiger partial charge in [0.15, 0.2) is 0 Å². The van der Waals surface area contributed by atoms with Crippen LogP contribution < -0.4 is 0 Å². The Labute approximate surface area is 214 Å². The van der Waals surface area contributed by atoms with E-state index in [1.807, 2.05) is 0 Å². The number of carboxylic acids is 1. The molecule has 5 fully saturated rings. The standard InChI is InChI=1S/C31H40O5/c1-16-6-8-20(18(3)29(33)34)12-25-22-10-11-31(27(22)14-23(16)25)26-13-21(19(4)30(35)36-5)9-7-17(2)24(26)15-28(31)32/h20-27H,1-4,6-15H2,5H3,(H,33,34)/t20?,21-,22?,23?,24?,25?,26?,27?,31?/m1/s1. The van der Waals surface area contributed by atoms with Crippen molar-refractivity contribution in [2.75, 3.05) is 7.11 Å². The Morgan fingerprint density at radius 1 is 0.889 bits per heavy atom. The van der Waals surface area contributed by atoms with Crippen molar-refractivity contribution >= 4 is 17.7 Å². The number of hydrogen-bond acceptors (Lipinski definition) is 4. The molecule has 194 valence electrons. The second-order valence-electron chi connectivity index (χ2n) is 12.3. The first kappa shape index (κ1) is 25.2. The first-order valence-electron chi connectivity index (χ1n) is 13.7. The molecule has 0 bridgehead atoms. The minimum Gasteiger partial charge on any atom is -0.478 e. The molecule has 5 saturated carbocycles. The third-order valence-corrected chi connectivity index (χ3v) is 11.2. The fraction of sp³-hybridized carbons (Fsp3) is 0.645. The molecule has 0 aliphatic heterocycles. The van der Waals surface area contributed by atoms with Gasteiger partial charge in [-0.2, -0.15) is 0 Å². The summed E-state index contributed by atoms with van der Waals surface area (Å²) in [5.74, 6) is 0.915. The van der Waals surface area contributed by atoms with Crippen molar-refractivity contribution in [1.82, 2.24) is 0 Å². The number of Topliss-reactive ketones (excluding diaryl/α,β-unsaturated/α-hetero) is 1. The van der Waals surface area contributed by atoms with E-state index in [-0.39, 0.29) is 35.1 Å². The number of carboxylic acid groups (broad SMARTS) is 1. The van der Waals surface area contributed by atoms with E-state index in [1.165, 1.54) is 12.7 Å². The summed E-state index contributed by atoms with van der Waals surface area (Å²) >= 11 is 0. The van der Waals surface area contributed by atoms with Crippen molar-refractivity contribution in [2.45, 2.75) is 64.2 Å². The molecule has 5 rings (SSSR count). The molecule has 0 amide bonds. The summed E-state index contributed by atoms with van der Waals surface area (Å²) in [4.78, 5) is 38.1. The Morgan fingerprint density at radius 2 is 1.53 bits per heavy atom. The van der Waals surface area contributed by atoms with Crippen LogP contribution in [0.15, 0.2) is 48.6 Å². The summed E-state index contributed by atoms with van der Waals surface area (Å²) in [5, 5.41) is 9.61. The highest BCUT2D eigenvalue weighted by molar-refractivity contribution is 5.90. The van der Waals surface area contributed by atoms with E-state index >= 15 is 0 Å². The minimum atomic E-state index is -0.899. The Morgan fingerprint density at radius 3 is 2.17 bits per heavy atom. The summed E-state index contributed by atoms with van der Waals surface area (Å²) in [6.07, 6.45) is 8.37. The lowest BCUT2D eigenvalue weighted by molar-refractivity contribution is -0.137. The largest absolute Gasteiger partial charge is 0.478 e. The summed E-state index contributed by atoms with van der Waals surface area (Å²) in [7, 11) is 1.40. The van der Waals surface area contributed by atoms with Gasteiger partial charge in [0.1, 0.15) is 5.78 Å². The molecule has 5 aliphatic carbocycles. The number of hydrogen-bond donors (Lipinski definition) is 1. The molecular formula is C31H40O5. The monoisotopic (exact) mass is 492 g/mol. The molecule has 0 saturated heterocycles. The smallest absolute Gasteiger partial charge is 0.333 e. The Bertz CT molecular complexity index is 1050. The molecule has 0 aromatic rings. The quantitative estimate of drug-likeness (QED) is 0.299. The van der Waals surface area contributed by atoms with Crippen LogP contribution in [0.5, 0.6) is 0 Å². The second kappa shape index (κ2) is 9.15. The van der Waals surface area contributed by atoms with E-state index in [0.29, 0.717) is 47.0 Å². The van der Waals surface area contributed by atoms with Crippen LogP contribution in [0.3, 0.4) is 0 Å². The van der Waals surface area contributed by atoms with Gasteiger partial charge in [0.25, 0.3) is 0 Å². The van der Waals surface area contributed by atoms with Crippen molar-refractivity contribution in [1.29, 1.82) is 0 Å². The molecular weight excluding hydrogens is 452 g/mol. The number of rotatable bonds is 4. The number of methoxy groups -OCH3 is 1. The second-order valence-corrected chi connectivity index (χ2v) is 12.3. The van der Waals surface area contributed by atoms with Gasteiger partial charge in [0.2, 0.25) is 0 Å². The Hall–Kier alpha value is -2.43. The summed E-state index contributed by atoms with van der Waals surface area (Å²) in [5.41, 5.74) is 2.86. The van der Waals surface area contributed by atoms with Crippen LogP contribution in [0, 0.1) is 52.8 Å². The lowest BCUT2D eigenvalue weighted by atomic mass is 9.63. The van der Waals surface area contributed by atoms with Crippen LogP contribution in [-0.2, 0) is 19.1 Å². The number of esters is 1. The molecule has 0 radical (unpaired) electrons. The fourth-order valence-electron chi connectivity index (χ4n) is 9.40. The van der Waals surface area contributed by atoms with Gasteiger partial charge in [-0.3, -0.25) is 4.79 Å². The van der Waals surface area contributed by atoms with E-state index in [9.17, 15) is 19.5 Å².